The van der Waals surface area contributed by atoms with Crippen LogP contribution in [0.3, 0.4) is 0 Å². The SMILES string of the molecule is CCn1cc(C(=O)Cc2ccc(Oc3cc(-c4cn(C)cn4)cn4nccc34)c(O)c2)c(=O)n(-c2ccc(F)cc2)c1=O. The number of phenols is 1. The molecule has 0 aliphatic carbocycles. The molecular weight excluding hydrogens is 555 g/mol. The van der Waals surface area contributed by atoms with E-state index >= 15 is 0 Å². The predicted octanol–water partition coefficient (Wildman–Crippen LogP) is 4.13. The van der Waals surface area contributed by atoms with Gasteiger partial charge in [0.05, 0.1) is 23.9 Å². The molecule has 4 aromatic heterocycles. The van der Waals surface area contributed by atoms with E-state index in [1.807, 2.05) is 24.0 Å². The molecule has 0 aliphatic rings. The highest BCUT2D eigenvalue weighted by Crippen LogP contribution is 2.35. The molecular formula is C31H25FN6O5. The lowest BCUT2D eigenvalue weighted by atomic mass is 10.0. The third-order valence-corrected chi connectivity index (χ3v) is 6.96. The van der Waals surface area contributed by atoms with Gasteiger partial charge in [0.15, 0.2) is 23.0 Å². The van der Waals surface area contributed by atoms with E-state index in [0.717, 1.165) is 28.0 Å². The summed E-state index contributed by atoms with van der Waals surface area (Å²) >= 11 is 0. The summed E-state index contributed by atoms with van der Waals surface area (Å²) in [5.74, 6) is -0.713. The summed E-state index contributed by atoms with van der Waals surface area (Å²) < 4.78 is 25.1. The van der Waals surface area contributed by atoms with Crippen molar-refractivity contribution in [3.05, 3.63) is 123 Å². The van der Waals surface area contributed by atoms with E-state index in [9.17, 15) is 23.9 Å². The van der Waals surface area contributed by atoms with E-state index in [1.165, 1.54) is 35.0 Å². The zero-order valence-electron chi connectivity index (χ0n) is 23.1. The van der Waals surface area contributed by atoms with Crippen LogP contribution in [0.5, 0.6) is 17.2 Å². The monoisotopic (exact) mass is 580 g/mol. The summed E-state index contributed by atoms with van der Waals surface area (Å²) in [7, 11) is 1.87. The Balaban J connectivity index is 1.29. The lowest BCUT2D eigenvalue weighted by Gasteiger charge is -2.13. The molecule has 216 valence electrons. The highest BCUT2D eigenvalue weighted by Gasteiger charge is 2.20. The number of imidazole rings is 1. The van der Waals surface area contributed by atoms with Gasteiger partial charge in [-0.3, -0.25) is 14.2 Å². The third kappa shape index (κ3) is 5.21. The Kier molecular flexibility index (Phi) is 6.94. The maximum Gasteiger partial charge on any atom is 0.335 e. The number of carbonyl (C=O) groups is 1. The second-order valence-electron chi connectivity index (χ2n) is 9.91. The van der Waals surface area contributed by atoms with Gasteiger partial charge in [-0.15, -0.1) is 0 Å². The molecule has 0 radical (unpaired) electrons. The molecule has 0 fully saturated rings. The average Bonchev–Trinajstić information content (AvgIpc) is 3.65. The van der Waals surface area contributed by atoms with Gasteiger partial charge < -0.3 is 14.4 Å². The zero-order valence-corrected chi connectivity index (χ0v) is 23.1. The van der Waals surface area contributed by atoms with Crippen molar-refractivity contribution in [3.8, 4) is 34.2 Å². The quantitative estimate of drug-likeness (QED) is 0.268. The number of hydrogen-bond acceptors (Lipinski definition) is 7. The van der Waals surface area contributed by atoms with Crippen LogP contribution in [0, 0.1) is 5.82 Å². The van der Waals surface area contributed by atoms with Crippen molar-refractivity contribution >= 4 is 11.3 Å². The number of fused-ring (bicyclic) bond motifs is 1. The Morgan fingerprint density at radius 1 is 1.00 bits per heavy atom. The Hall–Kier alpha value is -5.78. The van der Waals surface area contributed by atoms with Crippen molar-refractivity contribution in [1.82, 2.24) is 28.3 Å². The van der Waals surface area contributed by atoms with Gasteiger partial charge in [-0.25, -0.2) is 23.3 Å². The summed E-state index contributed by atoms with van der Waals surface area (Å²) in [6, 6.07) is 13.0. The number of ether oxygens (including phenoxy) is 1. The van der Waals surface area contributed by atoms with Crippen LogP contribution in [0.1, 0.15) is 22.8 Å². The predicted molar refractivity (Wildman–Crippen MR) is 156 cm³/mol. The minimum Gasteiger partial charge on any atom is -0.504 e. The smallest absolute Gasteiger partial charge is 0.335 e. The number of aromatic nitrogens is 6. The summed E-state index contributed by atoms with van der Waals surface area (Å²) in [4.78, 5) is 43.9. The van der Waals surface area contributed by atoms with Gasteiger partial charge in [-0.05, 0) is 61.0 Å². The highest BCUT2D eigenvalue weighted by molar-refractivity contribution is 5.97. The molecule has 6 rings (SSSR count). The number of aryl methyl sites for hydroxylation is 2. The van der Waals surface area contributed by atoms with E-state index in [0.29, 0.717) is 16.8 Å². The number of pyridine rings is 1. The summed E-state index contributed by atoms with van der Waals surface area (Å²) in [6.45, 7) is 1.91. The van der Waals surface area contributed by atoms with Crippen LogP contribution in [0.15, 0.2) is 95.3 Å². The Morgan fingerprint density at radius 3 is 2.49 bits per heavy atom. The second kappa shape index (κ2) is 10.9. The van der Waals surface area contributed by atoms with E-state index in [4.69, 9.17) is 4.74 Å². The molecule has 0 spiro atoms. The number of ketones is 1. The van der Waals surface area contributed by atoms with Crippen LogP contribution < -0.4 is 16.0 Å². The Labute approximate surface area is 243 Å². The molecule has 1 N–H and O–H groups in total. The van der Waals surface area contributed by atoms with E-state index in [-0.39, 0.29) is 35.7 Å². The molecule has 0 bridgehead atoms. The number of nitrogens with zero attached hydrogens (tertiary/aromatic N) is 6. The number of hydrogen-bond donors (Lipinski definition) is 1. The fourth-order valence-electron chi connectivity index (χ4n) is 4.78. The van der Waals surface area contributed by atoms with Crippen LogP contribution >= 0.6 is 0 Å². The summed E-state index contributed by atoms with van der Waals surface area (Å²) in [5.41, 5.74) is 1.05. The van der Waals surface area contributed by atoms with E-state index < -0.39 is 22.8 Å². The first kappa shape index (κ1) is 27.4. The Bertz CT molecular complexity index is 2120. The van der Waals surface area contributed by atoms with E-state index in [2.05, 4.69) is 10.1 Å². The van der Waals surface area contributed by atoms with E-state index in [1.54, 1.807) is 42.2 Å². The summed E-state index contributed by atoms with van der Waals surface area (Å²) in [6.07, 6.45) is 8.00. The minimum absolute atomic E-state index is 0.145. The van der Waals surface area contributed by atoms with Gasteiger partial charge >= 0.3 is 5.69 Å². The standard InChI is InChI=1S/C31H25FN6O5/c1-3-36-16-23(30(41)38(31(36)42)22-7-5-21(32)6-8-22)26(39)12-19-4-9-28(27(40)13-19)43-29-14-20(24-17-35(2)18-33-24)15-37-25(29)10-11-34-37/h4-11,13-18,40H,3,12H2,1-2H3. The largest absolute Gasteiger partial charge is 0.504 e. The number of rotatable bonds is 8. The molecule has 0 atom stereocenters. The number of Topliss-reactive ketones (excluding diaryl/α,β-unsaturated/α-hetero) is 1. The molecule has 0 aliphatic heterocycles. The van der Waals surface area contributed by atoms with Crippen LogP contribution in [-0.2, 0) is 20.0 Å². The van der Waals surface area contributed by atoms with Crippen molar-refractivity contribution < 1.29 is 19.0 Å². The highest BCUT2D eigenvalue weighted by atomic mass is 19.1. The first-order valence-electron chi connectivity index (χ1n) is 13.3. The average molecular weight is 581 g/mol. The lowest BCUT2D eigenvalue weighted by Crippen LogP contribution is -2.41. The van der Waals surface area contributed by atoms with Crippen LogP contribution in [0.25, 0.3) is 22.5 Å². The molecule has 0 saturated carbocycles. The van der Waals surface area contributed by atoms with Crippen LogP contribution in [0.2, 0.25) is 0 Å². The maximum absolute atomic E-state index is 13.5. The molecule has 6 aromatic rings. The first-order chi connectivity index (χ1) is 20.7. The third-order valence-electron chi connectivity index (χ3n) is 6.96. The zero-order chi connectivity index (χ0) is 30.2. The fourth-order valence-corrected chi connectivity index (χ4v) is 4.78. The minimum atomic E-state index is -0.812. The first-order valence-corrected chi connectivity index (χ1v) is 13.3. The van der Waals surface area contributed by atoms with Gasteiger partial charge in [-0.2, -0.15) is 5.10 Å². The number of halogens is 1. The molecule has 4 heterocycles. The molecule has 11 nitrogen and oxygen atoms in total. The van der Waals surface area contributed by atoms with Crippen LogP contribution in [-0.4, -0.2) is 39.2 Å². The fraction of sp³-hybridized carbons (Fsp3) is 0.129. The van der Waals surface area contributed by atoms with Gasteiger partial charge in [0.25, 0.3) is 5.56 Å². The van der Waals surface area contributed by atoms with Crippen molar-refractivity contribution in [2.75, 3.05) is 0 Å². The maximum atomic E-state index is 13.5. The van der Waals surface area contributed by atoms with Crippen molar-refractivity contribution in [3.63, 3.8) is 0 Å². The topological polar surface area (TPSA) is 126 Å². The number of carbonyl (C=O) groups excluding carboxylic acids is 1. The lowest BCUT2D eigenvalue weighted by molar-refractivity contribution is 0.0990. The second-order valence-corrected chi connectivity index (χ2v) is 9.91. The Morgan fingerprint density at radius 2 is 1.79 bits per heavy atom. The van der Waals surface area contributed by atoms with Crippen LogP contribution in [0.4, 0.5) is 4.39 Å². The molecule has 0 unspecified atom stereocenters. The molecule has 12 heteroatoms. The number of aromatic hydroxyl groups is 1. The number of phenolic OH excluding ortho intramolecular Hbond substituents is 1. The van der Waals surface area contributed by atoms with Gasteiger partial charge in [-0.1, -0.05) is 6.07 Å². The van der Waals surface area contributed by atoms with Gasteiger partial charge in [0.2, 0.25) is 0 Å². The van der Waals surface area contributed by atoms with Gasteiger partial charge in [0, 0.05) is 44.2 Å². The normalized spacial score (nSPS) is 11.2. The van der Waals surface area contributed by atoms with Crippen molar-refractivity contribution in [2.24, 2.45) is 7.05 Å². The molecule has 0 amide bonds. The van der Waals surface area contributed by atoms with Crippen molar-refractivity contribution in [2.45, 2.75) is 19.9 Å². The molecule has 0 saturated heterocycles. The number of benzene rings is 2. The molecule has 43 heavy (non-hydrogen) atoms. The van der Waals surface area contributed by atoms with Crippen molar-refractivity contribution in [1.29, 1.82) is 0 Å². The molecule has 2 aromatic carbocycles. The van der Waals surface area contributed by atoms with Gasteiger partial charge in [0.1, 0.15) is 16.9 Å². The summed E-state index contributed by atoms with van der Waals surface area (Å²) in [5, 5.41) is 15.1.